The number of hydrogen-bond acceptors (Lipinski definition) is 5. The second-order valence-electron chi connectivity index (χ2n) is 10.3. The van der Waals surface area contributed by atoms with E-state index in [0.29, 0.717) is 48.7 Å². The van der Waals surface area contributed by atoms with Crippen molar-refractivity contribution in [2.45, 2.75) is 51.1 Å². The van der Waals surface area contributed by atoms with Gasteiger partial charge in [0.1, 0.15) is 11.4 Å². The minimum absolute atomic E-state index is 0.0319. The maximum Gasteiger partial charge on any atom is 0.346 e. The number of amides is 1. The molecular formula is C28H34ClN3O4S. The van der Waals surface area contributed by atoms with Gasteiger partial charge in [-0.2, -0.15) is 0 Å². The first kappa shape index (κ1) is 26.2. The van der Waals surface area contributed by atoms with E-state index in [0.717, 1.165) is 52.7 Å². The predicted octanol–water partition coefficient (Wildman–Crippen LogP) is 5.69. The lowest BCUT2D eigenvalue weighted by atomic mass is 9.83. The van der Waals surface area contributed by atoms with Crippen molar-refractivity contribution >= 4 is 45.0 Å². The van der Waals surface area contributed by atoms with Crippen LogP contribution in [-0.4, -0.2) is 71.7 Å². The molecule has 1 N–H and O–H groups in total. The van der Waals surface area contributed by atoms with Gasteiger partial charge in [0.25, 0.3) is 0 Å². The number of benzene rings is 1. The molecule has 0 bridgehead atoms. The number of aromatic carboxylic acids is 1. The first-order chi connectivity index (χ1) is 17.8. The Labute approximate surface area is 226 Å². The number of fused-ring (bicyclic) bond motifs is 1. The third-order valence-electron chi connectivity index (χ3n) is 7.48. The van der Waals surface area contributed by atoms with Crippen molar-refractivity contribution in [1.29, 1.82) is 0 Å². The summed E-state index contributed by atoms with van der Waals surface area (Å²) in [5, 5.41) is 10.8. The van der Waals surface area contributed by atoms with E-state index in [1.165, 1.54) is 23.3 Å². The van der Waals surface area contributed by atoms with E-state index >= 15 is 0 Å². The molecule has 2 fully saturated rings. The Morgan fingerprint density at radius 3 is 2.41 bits per heavy atom. The minimum atomic E-state index is -0.910. The zero-order chi connectivity index (χ0) is 26.1. The number of morpholine rings is 1. The summed E-state index contributed by atoms with van der Waals surface area (Å²) in [6, 6.07) is 7.82. The molecule has 1 aromatic carbocycles. The van der Waals surface area contributed by atoms with Crippen LogP contribution in [0.4, 0.5) is 0 Å². The van der Waals surface area contributed by atoms with Crippen LogP contribution >= 0.6 is 22.9 Å². The normalized spacial score (nSPS) is 17.1. The number of rotatable bonds is 7. The number of thiophene rings is 1. The molecule has 0 spiro atoms. The summed E-state index contributed by atoms with van der Waals surface area (Å²) >= 11 is 7.63. The Bertz CT molecular complexity index is 1290. The van der Waals surface area contributed by atoms with Gasteiger partial charge in [-0.05, 0) is 56.1 Å². The molecule has 1 amide bonds. The summed E-state index contributed by atoms with van der Waals surface area (Å²) in [5.74, 6) is -0.551. The quantitative estimate of drug-likeness (QED) is 0.414. The summed E-state index contributed by atoms with van der Waals surface area (Å²) in [6.45, 7) is 2.88. The minimum Gasteiger partial charge on any atom is -0.477 e. The molecule has 2 aliphatic rings. The number of nitrogens with zero attached hydrogens (tertiary/aromatic N) is 3. The Balaban J connectivity index is 1.78. The van der Waals surface area contributed by atoms with Crippen LogP contribution in [-0.2, 0) is 22.6 Å². The zero-order valence-electron chi connectivity index (χ0n) is 21.5. The number of carbonyl (C=O) groups is 2. The molecule has 0 radical (unpaired) electrons. The van der Waals surface area contributed by atoms with Crippen LogP contribution in [0.2, 0.25) is 5.02 Å². The predicted molar refractivity (Wildman–Crippen MR) is 148 cm³/mol. The van der Waals surface area contributed by atoms with E-state index in [1.807, 2.05) is 48.2 Å². The highest BCUT2D eigenvalue weighted by Gasteiger charge is 2.33. The Kier molecular flexibility index (Phi) is 7.91. The van der Waals surface area contributed by atoms with E-state index in [2.05, 4.69) is 4.57 Å². The van der Waals surface area contributed by atoms with Gasteiger partial charge in [-0.1, -0.05) is 43.0 Å². The number of carboxylic acids is 1. The van der Waals surface area contributed by atoms with Gasteiger partial charge in [0.05, 0.1) is 29.1 Å². The lowest BCUT2D eigenvalue weighted by Gasteiger charge is -2.28. The number of ether oxygens (including phenoxy) is 1. The molecule has 1 aliphatic carbocycles. The molecular weight excluding hydrogens is 510 g/mol. The molecule has 1 saturated heterocycles. The maximum atomic E-state index is 13.6. The molecule has 1 aliphatic heterocycles. The molecule has 0 unspecified atom stereocenters. The van der Waals surface area contributed by atoms with Crippen LogP contribution in [0.5, 0.6) is 0 Å². The van der Waals surface area contributed by atoms with Gasteiger partial charge in [0.15, 0.2) is 0 Å². The van der Waals surface area contributed by atoms with Crippen LogP contribution in [0.15, 0.2) is 24.3 Å². The SMILES string of the molecule is CN(C)Cc1c(C(=O)O)sc2c(C3CCCCC3)c(-c3ccc(Cl)cc3)n(CC(=O)N3CCOCC3)c12. The van der Waals surface area contributed by atoms with Crippen molar-refractivity contribution in [1.82, 2.24) is 14.4 Å². The first-order valence-electron chi connectivity index (χ1n) is 13.0. The van der Waals surface area contributed by atoms with Crippen LogP contribution in [0.3, 0.4) is 0 Å². The number of hydrogen-bond donors (Lipinski definition) is 1. The van der Waals surface area contributed by atoms with Crippen molar-refractivity contribution in [3.63, 3.8) is 0 Å². The van der Waals surface area contributed by atoms with E-state index in [4.69, 9.17) is 16.3 Å². The molecule has 9 heteroatoms. The van der Waals surface area contributed by atoms with Gasteiger partial charge in [0.2, 0.25) is 5.91 Å². The van der Waals surface area contributed by atoms with Gasteiger partial charge in [-0.3, -0.25) is 4.79 Å². The van der Waals surface area contributed by atoms with E-state index < -0.39 is 5.97 Å². The number of halogens is 1. The van der Waals surface area contributed by atoms with Crippen molar-refractivity contribution in [3.8, 4) is 11.3 Å². The van der Waals surface area contributed by atoms with Crippen molar-refractivity contribution in [2.24, 2.45) is 0 Å². The maximum absolute atomic E-state index is 13.6. The standard InChI is InChI=1S/C28H34ClN3O4S/c1-30(2)16-21-25-27(37-26(21)28(34)35)23(18-6-4-3-5-7-18)24(19-8-10-20(29)11-9-19)32(25)17-22(33)31-12-14-36-15-13-31/h8-11,18H,3-7,12-17H2,1-2H3,(H,34,35). The molecule has 2 aromatic heterocycles. The summed E-state index contributed by atoms with van der Waals surface area (Å²) < 4.78 is 8.60. The molecule has 5 rings (SSSR count). The van der Waals surface area contributed by atoms with Crippen molar-refractivity contribution < 1.29 is 19.4 Å². The van der Waals surface area contributed by atoms with Gasteiger partial charge in [-0.25, -0.2) is 4.79 Å². The van der Waals surface area contributed by atoms with Gasteiger partial charge < -0.3 is 24.2 Å². The summed E-state index contributed by atoms with van der Waals surface area (Å²) in [4.78, 5) is 30.2. The third-order valence-corrected chi connectivity index (χ3v) is 8.97. The van der Waals surface area contributed by atoms with E-state index in [1.54, 1.807) is 0 Å². The molecule has 0 atom stereocenters. The van der Waals surface area contributed by atoms with Crippen LogP contribution in [0.1, 0.15) is 58.8 Å². The van der Waals surface area contributed by atoms with Crippen molar-refractivity contribution in [2.75, 3.05) is 40.4 Å². The van der Waals surface area contributed by atoms with E-state index in [-0.39, 0.29) is 12.5 Å². The molecule has 198 valence electrons. The van der Waals surface area contributed by atoms with Gasteiger partial charge in [-0.15, -0.1) is 11.3 Å². The average molecular weight is 544 g/mol. The second kappa shape index (κ2) is 11.2. The van der Waals surface area contributed by atoms with Crippen LogP contribution in [0.25, 0.3) is 21.5 Å². The molecule has 3 aromatic rings. The van der Waals surface area contributed by atoms with Gasteiger partial charge in [0, 0.05) is 30.2 Å². The monoisotopic (exact) mass is 543 g/mol. The fourth-order valence-corrected chi connectivity index (χ4v) is 7.23. The lowest BCUT2D eigenvalue weighted by Crippen LogP contribution is -2.42. The number of aromatic nitrogens is 1. The smallest absolute Gasteiger partial charge is 0.346 e. The average Bonchev–Trinajstić information content (AvgIpc) is 3.40. The highest BCUT2D eigenvalue weighted by molar-refractivity contribution is 7.21. The fourth-order valence-electron chi connectivity index (χ4n) is 5.82. The molecule has 3 heterocycles. The Morgan fingerprint density at radius 1 is 1.11 bits per heavy atom. The molecule has 37 heavy (non-hydrogen) atoms. The highest BCUT2D eigenvalue weighted by atomic mass is 35.5. The first-order valence-corrected chi connectivity index (χ1v) is 14.2. The topological polar surface area (TPSA) is 75.0 Å². The molecule has 7 nitrogen and oxygen atoms in total. The third kappa shape index (κ3) is 5.30. The summed E-state index contributed by atoms with van der Waals surface area (Å²) in [5.41, 5.74) is 4.91. The Morgan fingerprint density at radius 2 is 1.78 bits per heavy atom. The second-order valence-corrected chi connectivity index (χ2v) is 11.8. The summed E-state index contributed by atoms with van der Waals surface area (Å²) in [7, 11) is 3.90. The van der Waals surface area contributed by atoms with Crippen LogP contribution in [0, 0.1) is 0 Å². The van der Waals surface area contributed by atoms with E-state index in [9.17, 15) is 14.7 Å². The van der Waals surface area contributed by atoms with Crippen LogP contribution < -0.4 is 0 Å². The largest absolute Gasteiger partial charge is 0.477 e. The zero-order valence-corrected chi connectivity index (χ0v) is 23.0. The summed E-state index contributed by atoms with van der Waals surface area (Å²) in [6.07, 6.45) is 5.68. The Hall–Kier alpha value is -2.39. The van der Waals surface area contributed by atoms with Gasteiger partial charge >= 0.3 is 5.97 Å². The number of carbonyl (C=O) groups excluding carboxylic acids is 1. The highest BCUT2D eigenvalue weighted by Crippen LogP contribution is 2.48. The lowest BCUT2D eigenvalue weighted by molar-refractivity contribution is -0.135. The number of carboxylic acid groups (broad SMARTS) is 1. The fraction of sp³-hybridized carbons (Fsp3) is 0.500. The van der Waals surface area contributed by atoms with Crippen molar-refractivity contribution in [3.05, 3.63) is 45.3 Å². The molecule has 1 saturated carbocycles.